The number of hydrogen-bond donors (Lipinski definition) is 0. The predicted octanol–water partition coefficient (Wildman–Crippen LogP) is 6.07. The molecule has 4 aromatic rings. The number of ether oxygens (including phenoxy) is 1. The Morgan fingerprint density at radius 1 is 1.00 bits per heavy atom. The Hall–Kier alpha value is -3.40. The highest BCUT2D eigenvalue weighted by Gasteiger charge is 2.16. The van der Waals surface area contributed by atoms with Gasteiger partial charge in [0.1, 0.15) is 5.58 Å². The van der Waals surface area contributed by atoms with Crippen LogP contribution in [0.15, 0.2) is 71.3 Å². The minimum atomic E-state index is -0.449. The minimum Gasteiger partial charge on any atom is -0.464 e. The zero-order valence-electron chi connectivity index (χ0n) is 17.2. The molecule has 0 aliphatic rings. The number of hydrogen-bond acceptors (Lipinski definition) is 4. The second-order valence-electron chi connectivity index (χ2n) is 7.61. The summed E-state index contributed by atoms with van der Waals surface area (Å²) in [5.74, 6) is -0.204. The largest absolute Gasteiger partial charge is 0.464 e. The molecule has 0 unspecified atom stereocenters. The molecular weight excluding hydrogens is 376 g/mol. The molecule has 30 heavy (non-hydrogen) atoms. The van der Waals surface area contributed by atoms with E-state index in [0.717, 1.165) is 33.7 Å². The monoisotopic (exact) mass is 400 g/mol. The van der Waals surface area contributed by atoms with Gasteiger partial charge in [-0.15, -0.1) is 0 Å². The Bertz CT molecular complexity index is 1200. The quantitative estimate of drug-likeness (QED) is 0.279. The molecule has 4 nitrogen and oxygen atoms in total. The van der Waals surface area contributed by atoms with Gasteiger partial charge in [-0.3, -0.25) is 9.59 Å². The molecule has 0 fully saturated rings. The van der Waals surface area contributed by atoms with E-state index in [1.54, 1.807) is 18.4 Å². The summed E-state index contributed by atoms with van der Waals surface area (Å²) in [4.78, 5) is 24.8. The Morgan fingerprint density at radius 2 is 1.77 bits per heavy atom. The highest BCUT2D eigenvalue weighted by Crippen LogP contribution is 2.30. The smallest absolute Gasteiger partial charge is 0.310 e. The van der Waals surface area contributed by atoms with Crippen molar-refractivity contribution in [3.63, 3.8) is 0 Å². The van der Waals surface area contributed by atoms with Gasteiger partial charge in [-0.1, -0.05) is 68.4 Å². The molecule has 0 spiro atoms. The molecule has 1 heterocycles. The molecule has 0 saturated carbocycles. The molecular formula is C26H24O4. The highest BCUT2D eigenvalue weighted by atomic mass is 16.5. The van der Waals surface area contributed by atoms with E-state index >= 15 is 0 Å². The van der Waals surface area contributed by atoms with Gasteiger partial charge in [-0.05, 0) is 34.7 Å². The van der Waals surface area contributed by atoms with Crippen molar-refractivity contribution < 1.29 is 18.7 Å². The molecule has 0 saturated heterocycles. The number of esters is 1. The van der Waals surface area contributed by atoms with Crippen LogP contribution in [-0.4, -0.2) is 18.4 Å². The van der Waals surface area contributed by atoms with Crippen LogP contribution in [0.3, 0.4) is 0 Å². The first-order chi connectivity index (χ1) is 14.6. The second-order valence-corrected chi connectivity index (χ2v) is 7.61. The van der Waals surface area contributed by atoms with Crippen molar-refractivity contribution in [3.8, 4) is 0 Å². The molecule has 0 amide bonds. The van der Waals surface area contributed by atoms with Crippen molar-refractivity contribution >= 4 is 33.5 Å². The van der Waals surface area contributed by atoms with E-state index in [9.17, 15) is 9.59 Å². The van der Waals surface area contributed by atoms with Crippen LogP contribution in [-0.2, 0) is 16.0 Å². The van der Waals surface area contributed by atoms with Crippen molar-refractivity contribution in [1.82, 2.24) is 0 Å². The fraction of sp³-hybridized carbons (Fsp3) is 0.231. The van der Waals surface area contributed by atoms with Gasteiger partial charge in [0.15, 0.2) is 12.4 Å². The van der Waals surface area contributed by atoms with Crippen LogP contribution in [0.1, 0.15) is 47.7 Å². The number of Topliss-reactive ketones (excluding diaryl/α,β-unsaturated/α-hetero) is 1. The minimum absolute atomic E-state index is 0.0568. The molecule has 152 valence electrons. The number of ketones is 1. The summed E-state index contributed by atoms with van der Waals surface area (Å²) in [6, 6.07) is 19.4. The Morgan fingerprint density at radius 3 is 2.53 bits per heavy atom. The molecule has 0 bridgehead atoms. The standard InChI is InChI=1S/C26H24O4/c1-3-17(2)18-8-10-20(11-9-18)23(27)16-30-25(28)14-21-15-29-24-13-12-19-6-4-5-7-22(19)26(21)24/h4-13,15,17H,3,14,16H2,1-2H3/t17-/m1/s1. The molecule has 0 aliphatic heterocycles. The van der Waals surface area contributed by atoms with Crippen LogP contribution < -0.4 is 0 Å². The lowest BCUT2D eigenvalue weighted by Gasteiger charge is -2.09. The summed E-state index contributed by atoms with van der Waals surface area (Å²) >= 11 is 0. The maximum absolute atomic E-state index is 12.4. The molecule has 0 aliphatic carbocycles. The van der Waals surface area contributed by atoms with Gasteiger partial charge in [-0.2, -0.15) is 0 Å². The summed E-state index contributed by atoms with van der Waals surface area (Å²) < 4.78 is 10.9. The number of carbonyl (C=O) groups is 2. The zero-order valence-corrected chi connectivity index (χ0v) is 17.2. The van der Waals surface area contributed by atoms with E-state index in [1.807, 2.05) is 48.5 Å². The van der Waals surface area contributed by atoms with Crippen molar-refractivity contribution in [3.05, 3.63) is 83.6 Å². The van der Waals surface area contributed by atoms with Crippen LogP contribution in [0.5, 0.6) is 0 Å². The lowest BCUT2D eigenvalue weighted by molar-refractivity contribution is -0.141. The van der Waals surface area contributed by atoms with E-state index < -0.39 is 5.97 Å². The number of benzene rings is 3. The van der Waals surface area contributed by atoms with Crippen LogP contribution in [0.4, 0.5) is 0 Å². The first kappa shape index (κ1) is 19.9. The molecule has 4 rings (SSSR count). The van der Waals surface area contributed by atoms with Gasteiger partial charge >= 0.3 is 5.97 Å². The molecule has 0 N–H and O–H groups in total. The van der Waals surface area contributed by atoms with E-state index in [4.69, 9.17) is 9.15 Å². The third-order valence-electron chi connectivity index (χ3n) is 5.65. The van der Waals surface area contributed by atoms with Crippen molar-refractivity contribution in [1.29, 1.82) is 0 Å². The number of rotatable bonds is 7. The fourth-order valence-electron chi connectivity index (χ4n) is 3.67. The number of carbonyl (C=O) groups excluding carboxylic acids is 2. The molecule has 1 atom stereocenters. The fourth-order valence-corrected chi connectivity index (χ4v) is 3.67. The van der Waals surface area contributed by atoms with Crippen LogP contribution in [0.2, 0.25) is 0 Å². The average Bonchev–Trinajstić information content (AvgIpc) is 3.20. The average molecular weight is 400 g/mol. The molecule has 3 aromatic carbocycles. The molecule has 0 radical (unpaired) electrons. The zero-order chi connectivity index (χ0) is 21.1. The summed E-state index contributed by atoms with van der Waals surface area (Å²) in [5, 5.41) is 3.03. The Labute approximate surface area is 175 Å². The summed E-state index contributed by atoms with van der Waals surface area (Å²) in [6.45, 7) is 4.02. The molecule has 1 aromatic heterocycles. The van der Waals surface area contributed by atoms with Gasteiger partial charge in [0, 0.05) is 16.5 Å². The van der Waals surface area contributed by atoms with Crippen molar-refractivity contribution in [2.24, 2.45) is 0 Å². The summed E-state index contributed by atoms with van der Waals surface area (Å²) in [7, 11) is 0. The summed E-state index contributed by atoms with van der Waals surface area (Å²) in [6.07, 6.45) is 2.69. The second kappa shape index (κ2) is 8.54. The van der Waals surface area contributed by atoms with E-state index in [2.05, 4.69) is 13.8 Å². The number of fused-ring (bicyclic) bond motifs is 3. The maximum Gasteiger partial charge on any atom is 0.310 e. The van der Waals surface area contributed by atoms with E-state index in [-0.39, 0.29) is 18.8 Å². The van der Waals surface area contributed by atoms with E-state index in [0.29, 0.717) is 11.5 Å². The topological polar surface area (TPSA) is 56.5 Å². The number of furan rings is 1. The van der Waals surface area contributed by atoms with Gasteiger partial charge in [0.25, 0.3) is 0 Å². The SMILES string of the molecule is CC[C@@H](C)c1ccc(C(=O)COC(=O)Cc2coc3ccc4ccccc4c23)cc1. The van der Waals surface area contributed by atoms with Gasteiger partial charge in [0.2, 0.25) is 0 Å². The first-order valence-corrected chi connectivity index (χ1v) is 10.2. The van der Waals surface area contributed by atoms with Gasteiger partial charge < -0.3 is 9.15 Å². The van der Waals surface area contributed by atoms with E-state index in [1.165, 1.54) is 5.56 Å². The highest BCUT2D eigenvalue weighted by molar-refractivity contribution is 6.08. The third kappa shape index (κ3) is 3.99. The van der Waals surface area contributed by atoms with Crippen molar-refractivity contribution in [2.45, 2.75) is 32.6 Å². The summed E-state index contributed by atoms with van der Waals surface area (Å²) in [5.41, 5.74) is 3.24. The normalized spacial score (nSPS) is 12.2. The van der Waals surface area contributed by atoms with Gasteiger partial charge in [0.05, 0.1) is 12.7 Å². The van der Waals surface area contributed by atoms with Crippen molar-refractivity contribution in [2.75, 3.05) is 6.61 Å². The van der Waals surface area contributed by atoms with Gasteiger partial charge in [-0.25, -0.2) is 0 Å². The maximum atomic E-state index is 12.4. The first-order valence-electron chi connectivity index (χ1n) is 10.2. The third-order valence-corrected chi connectivity index (χ3v) is 5.65. The lowest BCUT2D eigenvalue weighted by atomic mass is 9.97. The predicted molar refractivity (Wildman–Crippen MR) is 118 cm³/mol. The Kier molecular flexibility index (Phi) is 5.66. The van der Waals surface area contributed by atoms with Crippen LogP contribution in [0, 0.1) is 0 Å². The van der Waals surface area contributed by atoms with Crippen LogP contribution in [0.25, 0.3) is 21.7 Å². The van der Waals surface area contributed by atoms with Crippen LogP contribution >= 0.6 is 0 Å². The lowest BCUT2D eigenvalue weighted by Crippen LogP contribution is -2.15. The Balaban J connectivity index is 1.43. The molecule has 4 heteroatoms.